The monoisotopic (exact) mass is 131 g/mol. The van der Waals surface area contributed by atoms with Crippen LogP contribution in [0.4, 0.5) is 0 Å². The molecule has 9 heavy (non-hydrogen) atoms. The summed E-state index contributed by atoms with van der Waals surface area (Å²) in [5.74, 6) is 0.458. The molecule has 0 saturated heterocycles. The molecule has 0 aromatic rings. The Morgan fingerprint density at radius 3 is 2.44 bits per heavy atom. The van der Waals surface area contributed by atoms with Gasteiger partial charge in [-0.3, -0.25) is 0 Å². The zero-order valence-corrected chi connectivity index (χ0v) is 6.30. The van der Waals surface area contributed by atoms with E-state index in [4.69, 9.17) is 10.8 Å². The third-order valence-corrected chi connectivity index (χ3v) is 1.69. The minimum absolute atomic E-state index is 0.0232. The highest BCUT2D eigenvalue weighted by Gasteiger charge is 2.08. The standard InChI is InChI=1S/C7H17NO/c1-3-4-6(2)7(8)5-9/h6-7,9H,3-5,8H2,1-2H3/t6-,7-/m0/s1. The summed E-state index contributed by atoms with van der Waals surface area (Å²) in [7, 11) is 0. The molecule has 2 heteroatoms. The summed E-state index contributed by atoms with van der Waals surface area (Å²) in [5, 5.41) is 8.61. The highest BCUT2D eigenvalue weighted by Crippen LogP contribution is 2.07. The first-order valence-electron chi connectivity index (χ1n) is 3.58. The fourth-order valence-electron chi connectivity index (χ4n) is 0.849. The Hall–Kier alpha value is -0.0800. The smallest absolute Gasteiger partial charge is 0.0585 e. The highest BCUT2D eigenvalue weighted by atomic mass is 16.3. The van der Waals surface area contributed by atoms with Gasteiger partial charge in [-0.15, -0.1) is 0 Å². The van der Waals surface area contributed by atoms with E-state index in [1.807, 2.05) is 0 Å². The van der Waals surface area contributed by atoms with Gasteiger partial charge in [-0.05, 0) is 12.3 Å². The van der Waals surface area contributed by atoms with Crippen molar-refractivity contribution in [1.29, 1.82) is 0 Å². The van der Waals surface area contributed by atoms with Crippen molar-refractivity contribution in [3.8, 4) is 0 Å². The zero-order chi connectivity index (χ0) is 7.28. The molecule has 0 saturated carbocycles. The fraction of sp³-hybridized carbons (Fsp3) is 1.00. The van der Waals surface area contributed by atoms with Gasteiger partial charge in [0, 0.05) is 6.04 Å². The van der Waals surface area contributed by atoms with Crippen molar-refractivity contribution in [2.75, 3.05) is 6.61 Å². The second-order valence-electron chi connectivity index (χ2n) is 2.61. The SMILES string of the molecule is CCC[C@H](C)[C@@H](N)CO. The predicted molar refractivity (Wildman–Crippen MR) is 39.1 cm³/mol. The maximum absolute atomic E-state index is 8.61. The van der Waals surface area contributed by atoms with E-state index in [2.05, 4.69) is 13.8 Å². The lowest BCUT2D eigenvalue weighted by atomic mass is 9.99. The van der Waals surface area contributed by atoms with Crippen LogP contribution in [0.1, 0.15) is 26.7 Å². The Balaban J connectivity index is 3.32. The second kappa shape index (κ2) is 4.77. The summed E-state index contributed by atoms with van der Waals surface area (Å²) in [4.78, 5) is 0. The highest BCUT2D eigenvalue weighted by molar-refractivity contribution is 4.66. The fourth-order valence-corrected chi connectivity index (χ4v) is 0.849. The maximum Gasteiger partial charge on any atom is 0.0585 e. The van der Waals surface area contributed by atoms with Crippen molar-refractivity contribution in [1.82, 2.24) is 0 Å². The zero-order valence-electron chi connectivity index (χ0n) is 6.30. The topological polar surface area (TPSA) is 46.2 Å². The van der Waals surface area contributed by atoms with Crippen LogP contribution in [0.2, 0.25) is 0 Å². The van der Waals surface area contributed by atoms with Crippen LogP contribution in [0, 0.1) is 5.92 Å². The van der Waals surface area contributed by atoms with E-state index in [0.717, 1.165) is 12.8 Å². The van der Waals surface area contributed by atoms with E-state index >= 15 is 0 Å². The van der Waals surface area contributed by atoms with Gasteiger partial charge in [0.1, 0.15) is 0 Å². The molecule has 0 rings (SSSR count). The summed E-state index contributed by atoms with van der Waals surface area (Å²) in [6.45, 7) is 4.31. The van der Waals surface area contributed by atoms with Crippen molar-refractivity contribution in [2.45, 2.75) is 32.7 Å². The molecule has 0 bridgehead atoms. The van der Waals surface area contributed by atoms with E-state index in [9.17, 15) is 0 Å². The molecule has 2 atom stereocenters. The molecule has 0 spiro atoms. The van der Waals surface area contributed by atoms with Crippen LogP contribution in [-0.2, 0) is 0 Å². The van der Waals surface area contributed by atoms with Gasteiger partial charge in [0.05, 0.1) is 6.61 Å². The van der Waals surface area contributed by atoms with E-state index in [-0.39, 0.29) is 12.6 Å². The van der Waals surface area contributed by atoms with Crippen molar-refractivity contribution in [3.63, 3.8) is 0 Å². The summed E-state index contributed by atoms with van der Waals surface area (Å²) >= 11 is 0. The van der Waals surface area contributed by atoms with Crippen molar-refractivity contribution < 1.29 is 5.11 Å². The van der Waals surface area contributed by atoms with E-state index in [1.165, 1.54) is 0 Å². The molecule has 0 heterocycles. The van der Waals surface area contributed by atoms with E-state index in [1.54, 1.807) is 0 Å². The van der Waals surface area contributed by atoms with Gasteiger partial charge >= 0.3 is 0 Å². The first kappa shape index (κ1) is 8.92. The lowest BCUT2D eigenvalue weighted by molar-refractivity contribution is 0.227. The van der Waals surface area contributed by atoms with Crippen LogP contribution in [0.25, 0.3) is 0 Å². The molecule has 0 fully saturated rings. The van der Waals surface area contributed by atoms with Crippen LogP contribution in [0.3, 0.4) is 0 Å². The van der Waals surface area contributed by atoms with Gasteiger partial charge in [0.15, 0.2) is 0 Å². The van der Waals surface area contributed by atoms with Gasteiger partial charge in [-0.2, -0.15) is 0 Å². The van der Waals surface area contributed by atoms with Crippen molar-refractivity contribution in [3.05, 3.63) is 0 Å². The molecule has 0 unspecified atom stereocenters. The van der Waals surface area contributed by atoms with Gasteiger partial charge in [-0.25, -0.2) is 0 Å². The lowest BCUT2D eigenvalue weighted by Crippen LogP contribution is -2.31. The third-order valence-electron chi connectivity index (χ3n) is 1.69. The Kier molecular flexibility index (Phi) is 4.72. The largest absolute Gasteiger partial charge is 0.395 e. The van der Waals surface area contributed by atoms with Gasteiger partial charge in [0.2, 0.25) is 0 Å². The first-order chi connectivity index (χ1) is 4.22. The van der Waals surface area contributed by atoms with E-state index in [0.29, 0.717) is 5.92 Å². The third kappa shape index (κ3) is 3.49. The molecule has 56 valence electrons. The average molecular weight is 131 g/mol. The van der Waals surface area contributed by atoms with Crippen LogP contribution in [0.5, 0.6) is 0 Å². The predicted octanol–water partition coefficient (Wildman–Crippen LogP) is 0.742. The number of rotatable bonds is 4. The average Bonchev–Trinajstić information content (AvgIpc) is 1.87. The van der Waals surface area contributed by atoms with E-state index < -0.39 is 0 Å². The molecular weight excluding hydrogens is 114 g/mol. The molecule has 0 aliphatic rings. The Morgan fingerprint density at radius 1 is 1.56 bits per heavy atom. The van der Waals surface area contributed by atoms with Crippen LogP contribution in [0.15, 0.2) is 0 Å². The van der Waals surface area contributed by atoms with Gasteiger partial charge in [0.25, 0.3) is 0 Å². The quantitative estimate of drug-likeness (QED) is 0.591. The normalized spacial score (nSPS) is 17.3. The Morgan fingerprint density at radius 2 is 2.11 bits per heavy atom. The number of aliphatic hydroxyl groups excluding tert-OH is 1. The molecule has 3 N–H and O–H groups in total. The van der Waals surface area contributed by atoms with Crippen molar-refractivity contribution in [2.24, 2.45) is 11.7 Å². The van der Waals surface area contributed by atoms with Crippen LogP contribution in [-0.4, -0.2) is 17.8 Å². The van der Waals surface area contributed by atoms with Crippen LogP contribution < -0.4 is 5.73 Å². The van der Waals surface area contributed by atoms with Crippen LogP contribution >= 0.6 is 0 Å². The summed E-state index contributed by atoms with van der Waals surface area (Å²) in [6, 6.07) is -0.0232. The second-order valence-corrected chi connectivity index (χ2v) is 2.61. The Labute approximate surface area is 57.1 Å². The number of aliphatic hydroxyl groups is 1. The number of hydrogen-bond acceptors (Lipinski definition) is 2. The Bertz CT molecular complexity index is 65.9. The number of nitrogens with two attached hydrogens (primary N) is 1. The minimum Gasteiger partial charge on any atom is -0.395 e. The molecule has 0 aliphatic carbocycles. The molecule has 0 amide bonds. The number of hydrogen-bond donors (Lipinski definition) is 2. The minimum atomic E-state index is -0.0232. The maximum atomic E-state index is 8.61. The molecule has 2 nitrogen and oxygen atoms in total. The first-order valence-corrected chi connectivity index (χ1v) is 3.58. The van der Waals surface area contributed by atoms with Crippen molar-refractivity contribution >= 4 is 0 Å². The molecule has 0 radical (unpaired) electrons. The molecule has 0 aliphatic heterocycles. The summed E-state index contributed by atoms with van der Waals surface area (Å²) < 4.78 is 0. The van der Waals surface area contributed by atoms with Gasteiger partial charge < -0.3 is 10.8 Å². The molecule has 0 aromatic carbocycles. The van der Waals surface area contributed by atoms with Gasteiger partial charge in [-0.1, -0.05) is 20.3 Å². The summed E-state index contributed by atoms with van der Waals surface area (Å²) in [5.41, 5.74) is 5.55. The summed E-state index contributed by atoms with van der Waals surface area (Å²) in [6.07, 6.45) is 2.26. The lowest BCUT2D eigenvalue weighted by Gasteiger charge is -2.15. The molecular formula is C7H17NO. The molecule has 0 aromatic heterocycles.